The fourth-order valence-corrected chi connectivity index (χ4v) is 2.36. The van der Waals surface area contributed by atoms with Crippen LogP contribution in [0, 0.1) is 5.41 Å². The first-order valence-electron chi connectivity index (χ1n) is 6.54. The minimum absolute atomic E-state index is 0.0923. The Hall–Kier alpha value is -1.22. The second kappa shape index (κ2) is 5.61. The van der Waals surface area contributed by atoms with Gasteiger partial charge >= 0.3 is 0 Å². The van der Waals surface area contributed by atoms with Gasteiger partial charge in [-0.1, -0.05) is 24.9 Å². The molecule has 0 heterocycles. The Kier molecular flexibility index (Phi) is 4.12. The zero-order valence-corrected chi connectivity index (χ0v) is 11.5. The number of hydrogen-bond acceptors (Lipinski definition) is 2. The van der Waals surface area contributed by atoms with Crippen LogP contribution >= 0.6 is 11.6 Å². The first kappa shape index (κ1) is 13.2. The van der Waals surface area contributed by atoms with E-state index in [0.717, 1.165) is 24.2 Å². The highest BCUT2D eigenvalue weighted by atomic mass is 35.5. The van der Waals surface area contributed by atoms with E-state index in [-0.39, 0.29) is 5.84 Å². The monoisotopic (exact) mass is 265 g/mol. The molecule has 0 aliphatic heterocycles. The summed E-state index contributed by atoms with van der Waals surface area (Å²) in [6.45, 7) is 3.22. The predicted molar refractivity (Wildman–Crippen MR) is 77.7 cm³/mol. The lowest BCUT2D eigenvalue weighted by atomic mass is 10.1. The van der Waals surface area contributed by atoms with Crippen LogP contribution in [0.15, 0.2) is 18.2 Å². The Morgan fingerprint density at radius 1 is 1.50 bits per heavy atom. The van der Waals surface area contributed by atoms with Crippen molar-refractivity contribution in [3.63, 3.8) is 0 Å². The van der Waals surface area contributed by atoms with E-state index in [0.29, 0.717) is 11.1 Å². The van der Waals surface area contributed by atoms with Gasteiger partial charge in [-0.05, 0) is 37.5 Å². The predicted octanol–water partition coefficient (Wildman–Crippen LogP) is 3.39. The van der Waals surface area contributed by atoms with Gasteiger partial charge < -0.3 is 10.6 Å². The lowest BCUT2D eigenvalue weighted by Crippen LogP contribution is -2.29. The van der Waals surface area contributed by atoms with Gasteiger partial charge in [-0.25, -0.2) is 0 Å². The highest BCUT2D eigenvalue weighted by Crippen LogP contribution is 2.34. The lowest BCUT2D eigenvalue weighted by Gasteiger charge is -2.27. The van der Waals surface area contributed by atoms with E-state index >= 15 is 0 Å². The largest absolute Gasteiger partial charge is 0.384 e. The summed E-state index contributed by atoms with van der Waals surface area (Å²) in [4.78, 5) is 2.39. The molecule has 1 aliphatic rings. The molecular weight excluding hydrogens is 246 g/mol. The number of unbranched alkanes of at least 4 members (excludes halogenated alkanes) is 1. The van der Waals surface area contributed by atoms with Gasteiger partial charge in [0, 0.05) is 28.9 Å². The van der Waals surface area contributed by atoms with E-state index in [1.165, 1.54) is 19.3 Å². The van der Waals surface area contributed by atoms with Crippen molar-refractivity contribution >= 4 is 23.1 Å². The van der Waals surface area contributed by atoms with Gasteiger partial charge in [0.25, 0.3) is 0 Å². The molecule has 1 aromatic carbocycles. The van der Waals surface area contributed by atoms with Gasteiger partial charge in [0.05, 0.1) is 0 Å². The van der Waals surface area contributed by atoms with Crippen LogP contribution in [0.25, 0.3) is 0 Å². The first-order chi connectivity index (χ1) is 8.63. The number of benzene rings is 1. The molecule has 0 radical (unpaired) electrons. The van der Waals surface area contributed by atoms with Crippen molar-refractivity contribution < 1.29 is 0 Å². The molecule has 1 aromatic rings. The molecule has 3 nitrogen and oxygen atoms in total. The van der Waals surface area contributed by atoms with Crippen molar-refractivity contribution in [3.05, 3.63) is 28.8 Å². The molecule has 0 aromatic heterocycles. The number of anilines is 1. The summed E-state index contributed by atoms with van der Waals surface area (Å²) in [5.41, 5.74) is 7.48. The molecule has 0 saturated heterocycles. The quantitative estimate of drug-likeness (QED) is 0.612. The molecular formula is C14H20ClN3. The van der Waals surface area contributed by atoms with Crippen molar-refractivity contribution in [2.75, 3.05) is 11.4 Å². The van der Waals surface area contributed by atoms with Crippen LogP contribution in [0.1, 0.15) is 38.2 Å². The van der Waals surface area contributed by atoms with Crippen molar-refractivity contribution in [2.24, 2.45) is 5.73 Å². The lowest BCUT2D eigenvalue weighted by molar-refractivity contribution is 0.712. The number of rotatable bonds is 6. The molecule has 3 N–H and O–H groups in total. The van der Waals surface area contributed by atoms with Gasteiger partial charge in [-0.2, -0.15) is 0 Å². The smallest absolute Gasteiger partial charge is 0.124 e. The Balaban J connectivity index is 2.30. The minimum Gasteiger partial charge on any atom is -0.384 e. The van der Waals surface area contributed by atoms with Crippen LogP contribution in [-0.4, -0.2) is 18.4 Å². The molecule has 18 heavy (non-hydrogen) atoms. The fraction of sp³-hybridized carbons (Fsp3) is 0.500. The molecule has 1 saturated carbocycles. The average molecular weight is 266 g/mol. The summed E-state index contributed by atoms with van der Waals surface area (Å²) in [7, 11) is 0. The maximum Gasteiger partial charge on any atom is 0.124 e. The summed E-state index contributed by atoms with van der Waals surface area (Å²) in [5.74, 6) is 0.0923. The molecule has 1 aliphatic carbocycles. The third kappa shape index (κ3) is 2.96. The number of amidine groups is 1. The third-order valence-electron chi connectivity index (χ3n) is 3.30. The van der Waals surface area contributed by atoms with E-state index in [9.17, 15) is 0 Å². The van der Waals surface area contributed by atoms with Crippen molar-refractivity contribution in [3.8, 4) is 0 Å². The van der Waals surface area contributed by atoms with Gasteiger partial charge in [-0.3, -0.25) is 5.41 Å². The summed E-state index contributed by atoms with van der Waals surface area (Å²) in [6, 6.07) is 6.29. The highest BCUT2D eigenvalue weighted by molar-refractivity contribution is 6.31. The van der Waals surface area contributed by atoms with E-state index in [2.05, 4.69) is 11.8 Å². The Bertz CT molecular complexity index is 441. The first-order valence-corrected chi connectivity index (χ1v) is 6.92. The molecule has 0 amide bonds. The van der Waals surface area contributed by atoms with Crippen molar-refractivity contribution in [1.82, 2.24) is 0 Å². The summed E-state index contributed by atoms with van der Waals surface area (Å²) in [5, 5.41) is 8.33. The SMILES string of the molecule is CCCCN(c1ccc(Cl)cc1C(=N)N)C1CC1. The fourth-order valence-electron chi connectivity index (χ4n) is 2.19. The number of nitrogens with zero attached hydrogens (tertiary/aromatic N) is 1. The maximum absolute atomic E-state index is 7.70. The number of nitrogens with two attached hydrogens (primary N) is 1. The van der Waals surface area contributed by atoms with Gasteiger partial charge in [-0.15, -0.1) is 0 Å². The zero-order valence-electron chi connectivity index (χ0n) is 10.7. The van der Waals surface area contributed by atoms with Crippen molar-refractivity contribution in [2.45, 2.75) is 38.6 Å². The van der Waals surface area contributed by atoms with Crippen LogP contribution in [0.4, 0.5) is 5.69 Å². The molecule has 98 valence electrons. The molecule has 0 atom stereocenters. The summed E-state index contributed by atoms with van der Waals surface area (Å²) >= 11 is 5.99. The average Bonchev–Trinajstić information content (AvgIpc) is 3.15. The third-order valence-corrected chi connectivity index (χ3v) is 3.53. The van der Waals surface area contributed by atoms with E-state index in [1.807, 2.05) is 12.1 Å². The van der Waals surface area contributed by atoms with Crippen LogP contribution in [0.3, 0.4) is 0 Å². The van der Waals surface area contributed by atoms with E-state index in [4.69, 9.17) is 22.7 Å². The van der Waals surface area contributed by atoms with E-state index < -0.39 is 0 Å². The summed E-state index contributed by atoms with van der Waals surface area (Å²) in [6.07, 6.45) is 4.82. The van der Waals surface area contributed by atoms with Gasteiger partial charge in [0.2, 0.25) is 0 Å². The number of nitrogen functional groups attached to an aromatic ring is 1. The standard InChI is InChI=1S/C14H20ClN3/c1-2-3-8-18(11-5-6-11)13-7-4-10(15)9-12(13)14(16)17/h4,7,9,11H,2-3,5-6,8H2,1H3,(H3,16,17). The Morgan fingerprint density at radius 3 is 2.78 bits per heavy atom. The van der Waals surface area contributed by atoms with Gasteiger partial charge in [0.1, 0.15) is 5.84 Å². The number of nitrogens with one attached hydrogen (secondary N) is 1. The Morgan fingerprint density at radius 2 is 2.22 bits per heavy atom. The molecule has 1 fully saturated rings. The van der Waals surface area contributed by atoms with Gasteiger partial charge in [0.15, 0.2) is 0 Å². The Labute approximate surface area is 113 Å². The van der Waals surface area contributed by atoms with Crippen molar-refractivity contribution in [1.29, 1.82) is 5.41 Å². The molecule has 0 bridgehead atoms. The zero-order chi connectivity index (χ0) is 13.1. The molecule has 0 unspecified atom stereocenters. The normalized spacial score (nSPS) is 14.6. The second-order valence-corrected chi connectivity index (χ2v) is 5.29. The van der Waals surface area contributed by atoms with Crippen LogP contribution < -0.4 is 10.6 Å². The van der Waals surface area contributed by atoms with Crippen LogP contribution in [0.5, 0.6) is 0 Å². The molecule has 2 rings (SSSR count). The summed E-state index contributed by atoms with van der Waals surface area (Å²) < 4.78 is 0. The van der Waals surface area contributed by atoms with Crippen LogP contribution in [-0.2, 0) is 0 Å². The van der Waals surface area contributed by atoms with Crippen LogP contribution in [0.2, 0.25) is 5.02 Å². The molecule has 0 spiro atoms. The minimum atomic E-state index is 0.0923. The topological polar surface area (TPSA) is 53.1 Å². The molecule has 4 heteroatoms. The second-order valence-electron chi connectivity index (χ2n) is 4.85. The highest BCUT2D eigenvalue weighted by Gasteiger charge is 2.30. The number of hydrogen-bond donors (Lipinski definition) is 2. The van der Waals surface area contributed by atoms with E-state index in [1.54, 1.807) is 6.07 Å². The maximum atomic E-state index is 7.70. The number of halogens is 1.